The van der Waals surface area contributed by atoms with Gasteiger partial charge in [0, 0.05) is 18.9 Å². The van der Waals surface area contributed by atoms with E-state index in [4.69, 9.17) is 5.84 Å². The minimum atomic E-state index is -0.144. The van der Waals surface area contributed by atoms with Crippen LogP contribution in [0.5, 0.6) is 0 Å². The summed E-state index contributed by atoms with van der Waals surface area (Å²) in [6.07, 6.45) is 3.70. The van der Waals surface area contributed by atoms with Crippen molar-refractivity contribution in [1.29, 1.82) is 0 Å². The summed E-state index contributed by atoms with van der Waals surface area (Å²) in [6.45, 7) is 4.84. The highest BCUT2D eigenvalue weighted by atomic mass is 32.1. The summed E-state index contributed by atoms with van der Waals surface area (Å²) in [5.41, 5.74) is 3.66. The van der Waals surface area contributed by atoms with Crippen molar-refractivity contribution in [1.82, 2.24) is 24.6 Å². The van der Waals surface area contributed by atoms with E-state index in [1.165, 1.54) is 11.5 Å². The first-order valence-corrected chi connectivity index (χ1v) is 5.81. The van der Waals surface area contributed by atoms with Gasteiger partial charge in [-0.3, -0.25) is 5.84 Å². The van der Waals surface area contributed by atoms with Gasteiger partial charge in [-0.25, -0.2) is 10.4 Å². The first-order chi connectivity index (χ1) is 7.77. The zero-order valence-corrected chi connectivity index (χ0v) is 10.0. The third kappa shape index (κ3) is 1.84. The lowest BCUT2D eigenvalue weighted by Gasteiger charge is -2.15. The normalized spacial score (nSPS) is 12.9. The Morgan fingerprint density at radius 2 is 2.44 bits per heavy atom. The Morgan fingerprint density at radius 1 is 1.62 bits per heavy atom. The fourth-order valence-corrected chi connectivity index (χ4v) is 2.32. The van der Waals surface area contributed by atoms with Crippen LogP contribution in [0.1, 0.15) is 29.4 Å². The number of nitrogens with one attached hydrogen (secondary N) is 1. The van der Waals surface area contributed by atoms with E-state index in [-0.39, 0.29) is 6.04 Å². The van der Waals surface area contributed by atoms with Crippen LogP contribution in [-0.4, -0.2) is 19.1 Å². The molecule has 0 bridgehead atoms. The van der Waals surface area contributed by atoms with Gasteiger partial charge in [-0.1, -0.05) is 4.49 Å². The van der Waals surface area contributed by atoms with Gasteiger partial charge >= 0.3 is 0 Å². The van der Waals surface area contributed by atoms with Crippen molar-refractivity contribution < 1.29 is 0 Å². The molecule has 2 aromatic rings. The molecule has 0 amide bonds. The molecular formula is C9H14N6S. The Labute approximate surface area is 97.6 Å². The van der Waals surface area contributed by atoms with Gasteiger partial charge in [0.1, 0.15) is 11.9 Å². The number of imidazole rings is 1. The molecule has 2 heterocycles. The van der Waals surface area contributed by atoms with Gasteiger partial charge in [-0.2, -0.15) is 0 Å². The van der Waals surface area contributed by atoms with Crippen LogP contribution in [0.2, 0.25) is 0 Å². The Kier molecular flexibility index (Phi) is 3.28. The molecule has 0 saturated heterocycles. The van der Waals surface area contributed by atoms with Gasteiger partial charge in [0.05, 0.1) is 10.6 Å². The van der Waals surface area contributed by atoms with Gasteiger partial charge in [-0.05, 0) is 25.4 Å². The molecule has 7 heteroatoms. The molecule has 86 valence electrons. The van der Waals surface area contributed by atoms with Crippen LogP contribution in [0.4, 0.5) is 0 Å². The van der Waals surface area contributed by atoms with Gasteiger partial charge in [0.25, 0.3) is 0 Å². The van der Waals surface area contributed by atoms with E-state index in [9.17, 15) is 0 Å². The number of rotatable bonds is 4. The molecule has 2 rings (SSSR count). The standard InChI is InChI=1S/C9H14N6S/c1-3-15-5-4-11-9(15)7(12-10)8-6(2)13-14-16-8/h4-5,7,12H,3,10H2,1-2H3. The molecule has 6 nitrogen and oxygen atoms in total. The van der Waals surface area contributed by atoms with Crippen molar-refractivity contribution in [2.45, 2.75) is 26.4 Å². The largest absolute Gasteiger partial charge is 0.334 e. The molecule has 0 spiro atoms. The highest BCUT2D eigenvalue weighted by Crippen LogP contribution is 2.24. The monoisotopic (exact) mass is 238 g/mol. The molecule has 1 unspecified atom stereocenters. The molecule has 0 radical (unpaired) electrons. The summed E-state index contributed by atoms with van der Waals surface area (Å²) in [7, 11) is 0. The number of aryl methyl sites for hydroxylation is 2. The average molecular weight is 238 g/mol. The fraction of sp³-hybridized carbons (Fsp3) is 0.444. The highest BCUT2D eigenvalue weighted by molar-refractivity contribution is 7.05. The van der Waals surface area contributed by atoms with E-state index in [0.29, 0.717) is 0 Å². The van der Waals surface area contributed by atoms with E-state index in [0.717, 1.165) is 22.9 Å². The SMILES string of the molecule is CCn1ccnc1C(NN)c1snnc1C. The van der Waals surface area contributed by atoms with Gasteiger partial charge in [0.2, 0.25) is 0 Å². The Bertz CT molecular complexity index is 462. The lowest BCUT2D eigenvalue weighted by atomic mass is 10.2. The lowest BCUT2D eigenvalue weighted by molar-refractivity contribution is 0.565. The van der Waals surface area contributed by atoms with Crippen LogP contribution in [0.25, 0.3) is 0 Å². The van der Waals surface area contributed by atoms with Gasteiger partial charge < -0.3 is 4.57 Å². The Balaban J connectivity index is 2.40. The van der Waals surface area contributed by atoms with Crippen LogP contribution >= 0.6 is 11.5 Å². The molecule has 0 aliphatic carbocycles. The first kappa shape index (κ1) is 11.2. The fourth-order valence-electron chi connectivity index (χ4n) is 1.62. The Hall–Kier alpha value is -1.31. The second-order valence-electron chi connectivity index (χ2n) is 3.39. The van der Waals surface area contributed by atoms with Crippen molar-refractivity contribution >= 4 is 11.5 Å². The Morgan fingerprint density at radius 3 is 3.00 bits per heavy atom. The third-order valence-electron chi connectivity index (χ3n) is 2.46. The number of hydrogen-bond acceptors (Lipinski definition) is 6. The topological polar surface area (TPSA) is 81.7 Å². The molecule has 2 aromatic heterocycles. The molecule has 1 atom stereocenters. The van der Waals surface area contributed by atoms with E-state index >= 15 is 0 Å². The molecule has 0 saturated carbocycles. The van der Waals surface area contributed by atoms with Crippen LogP contribution in [0, 0.1) is 6.92 Å². The number of hydrogen-bond donors (Lipinski definition) is 2. The van der Waals surface area contributed by atoms with Crippen molar-refractivity contribution in [2.75, 3.05) is 0 Å². The summed E-state index contributed by atoms with van der Waals surface area (Å²) in [6, 6.07) is -0.144. The van der Waals surface area contributed by atoms with Crippen LogP contribution in [0.15, 0.2) is 12.4 Å². The first-order valence-electron chi connectivity index (χ1n) is 5.04. The van der Waals surface area contributed by atoms with E-state index in [2.05, 4.69) is 26.9 Å². The van der Waals surface area contributed by atoms with Crippen molar-refractivity contribution in [3.8, 4) is 0 Å². The molecule has 0 aromatic carbocycles. The second-order valence-corrected chi connectivity index (χ2v) is 4.18. The average Bonchev–Trinajstić information content (AvgIpc) is 2.90. The predicted octanol–water partition coefficient (Wildman–Crippen LogP) is 0.616. The maximum absolute atomic E-state index is 5.60. The number of aromatic nitrogens is 4. The predicted molar refractivity (Wildman–Crippen MR) is 61.7 cm³/mol. The number of nitrogens with two attached hydrogens (primary N) is 1. The van der Waals surface area contributed by atoms with E-state index < -0.39 is 0 Å². The molecule has 0 fully saturated rings. The second kappa shape index (κ2) is 4.69. The summed E-state index contributed by atoms with van der Waals surface area (Å²) < 4.78 is 5.96. The van der Waals surface area contributed by atoms with Crippen LogP contribution in [-0.2, 0) is 6.54 Å². The molecule has 3 N–H and O–H groups in total. The van der Waals surface area contributed by atoms with Crippen molar-refractivity contribution in [3.63, 3.8) is 0 Å². The molecule has 0 aliphatic heterocycles. The highest BCUT2D eigenvalue weighted by Gasteiger charge is 2.21. The third-order valence-corrected chi connectivity index (χ3v) is 3.35. The zero-order chi connectivity index (χ0) is 11.5. The molecular weight excluding hydrogens is 224 g/mol. The molecule has 0 aliphatic rings. The maximum Gasteiger partial charge on any atom is 0.132 e. The van der Waals surface area contributed by atoms with Crippen LogP contribution in [0.3, 0.4) is 0 Å². The smallest absolute Gasteiger partial charge is 0.132 e. The number of nitrogens with zero attached hydrogens (tertiary/aromatic N) is 4. The summed E-state index contributed by atoms with van der Waals surface area (Å²) in [5, 5.41) is 3.99. The lowest BCUT2D eigenvalue weighted by Crippen LogP contribution is -2.31. The van der Waals surface area contributed by atoms with Crippen LogP contribution < -0.4 is 11.3 Å². The summed E-state index contributed by atoms with van der Waals surface area (Å²) in [4.78, 5) is 5.33. The minimum Gasteiger partial charge on any atom is -0.334 e. The minimum absolute atomic E-state index is 0.144. The quantitative estimate of drug-likeness (QED) is 0.602. The maximum atomic E-state index is 5.60. The summed E-state index contributed by atoms with van der Waals surface area (Å²) >= 11 is 1.34. The van der Waals surface area contributed by atoms with Crippen molar-refractivity contribution in [2.24, 2.45) is 5.84 Å². The summed E-state index contributed by atoms with van der Waals surface area (Å²) in [5.74, 6) is 6.48. The number of hydrazine groups is 1. The van der Waals surface area contributed by atoms with Gasteiger partial charge in [-0.15, -0.1) is 5.10 Å². The molecule has 16 heavy (non-hydrogen) atoms. The van der Waals surface area contributed by atoms with E-state index in [1.54, 1.807) is 6.20 Å². The van der Waals surface area contributed by atoms with Crippen molar-refractivity contribution in [3.05, 3.63) is 28.8 Å². The zero-order valence-electron chi connectivity index (χ0n) is 9.21. The van der Waals surface area contributed by atoms with E-state index in [1.807, 2.05) is 17.7 Å². The van der Waals surface area contributed by atoms with Gasteiger partial charge in [0.15, 0.2) is 0 Å².